The lowest BCUT2D eigenvalue weighted by atomic mass is 10.5. The molecule has 0 aromatic heterocycles. The molecule has 1 atom stereocenters. The van der Waals surface area contributed by atoms with E-state index in [1.165, 1.54) is 0 Å². The molecule has 0 saturated carbocycles. The molecule has 10 heteroatoms. The fourth-order valence-corrected chi connectivity index (χ4v) is 21.1. The molecule has 0 aromatic carbocycles. The van der Waals surface area contributed by atoms with Crippen LogP contribution in [0.1, 0.15) is 42.5 Å². The van der Waals surface area contributed by atoms with Gasteiger partial charge in [0.25, 0.3) is 0 Å². The molecule has 0 aliphatic rings. The number of methoxy groups -OCH3 is 1. The van der Waals surface area contributed by atoms with Gasteiger partial charge in [-0.25, -0.2) is 0 Å². The Bertz CT molecular complexity index is 414. The zero-order valence-corrected chi connectivity index (χ0v) is 24.1. The van der Waals surface area contributed by atoms with Gasteiger partial charge in [0, 0.05) is 26.9 Å². The molecule has 202 valence electrons. The van der Waals surface area contributed by atoms with Crippen molar-refractivity contribution in [3.05, 3.63) is 0 Å². The number of rotatable bonds is 17. The maximum absolute atomic E-state index is 6.67. The Morgan fingerprint density at radius 3 is 1.34 bits per heavy atom. The Kier molecular flexibility index (Phi) is 26.6. The van der Waals surface area contributed by atoms with Gasteiger partial charge < -0.3 is 26.6 Å². The van der Waals surface area contributed by atoms with Gasteiger partial charge in [0.15, 0.2) is 16.6 Å². The molecule has 0 rings (SSSR count). The smallest absolute Gasteiger partial charge is 0.315 e. The van der Waals surface area contributed by atoms with Gasteiger partial charge in [-0.3, -0.25) is 0 Å². The topological polar surface area (TPSA) is 55.4 Å². The fraction of sp³-hybridized carbons (Fsp3) is 1.00. The molecule has 0 aromatic rings. The molecule has 0 fully saturated rings. The minimum atomic E-state index is -2.31. The second kappa shape index (κ2) is 19.9. The highest BCUT2D eigenvalue weighted by Gasteiger charge is 2.44. The van der Waals surface area contributed by atoms with Crippen LogP contribution in [0, 0.1) is 0 Å². The second-order valence-electron chi connectivity index (χ2n) is 9.74. The number of ether oxygens (including phenoxy) is 3. The lowest BCUT2D eigenvalue weighted by Crippen LogP contribution is -2.56. The maximum atomic E-state index is 6.67. The van der Waals surface area contributed by atoms with Crippen LogP contribution in [0.25, 0.3) is 0 Å². The van der Waals surface area contributed by atoms with E-state index in [1.54, 1.807) is 7.11 Å². The summed E-state index contributed by atoms with van der Waals surface area (Å²) < 4.78 is 35.9. The van der Waals surface area contributed by atoms with Crippen LogP contribution in [0.2, 0.25) is 65.0 Å². The van der Waals surface area contributed by atoms with Gasteiger partial charge in [0.1, 0.15) is 0 Å². The Labute approximate surface area is 207 Å². The third kappa shape index (κ3) is 26.9. The van der Waals surface area contributed by atoms with E-state index in [-0.39, 0.29) is 29.7 Å². The summed E-state index contributed by atoms with van der Waals surface area (Å²) in [5.74, 6) is 0. The Morgan fingerprint density at radius 1 is 0.500 bits per heavy atom. The predicted octanol–water partition coefficient (Wildman–Crippen LogP) is 7.48. The van der Waals surface area contributed by atoms with Crippen LogP contribution in [0.4, 0.5) is 0 Å². The summed E-state index contributed by atoms with van der Waals surface area (Å²) in [6.45, 7) is 23.3. The van der Waals surface area contributed by atoms with Gasteiger partial charge in [-0.15, -0.1) is 0 Å². The quantitative estimate of drug-likeness (QED) is 0.142. The Morgan fingerprint density at radius 2 is 0.938 bits per heavy atom. The summed E-state index contributed by atoms with van der Waals surface area (Å²) in [4.78, 5) is 0. The monoisotopic (exact) mass is 534 g/mol. The summed E-state index contributed by atoms with van der Waals surface area (Å²) in [6.07, 6.45) is 1.86. The minimum absolute atomic E-state index is 0. The van der Waals surface area contributed by atoms with E-state index in [4.69, 9.17) is 26.6 Å². The normalized spacial score (nSPS) is 13.7. The molecule has 6 nitrogen and oxygen atoms in total. The Hall–Kier alpha value is 0.628. The minimum Gasteiger partial charge on any atom is -0.437 e. The van der Waals surface area contributed by atoms with Crippen LogP contribution in [0.15, 0.2) is 0 Å². The van der Waals surface area contributed by atoms with Gasteiger partial charge in [0.05, 0.1) is 13.2 Å². The molecule has 0 aliphatic heterocycles. The van der Waals surface area contributed by atoms with Crippen LogP contribution in [0.5, 0.6) is 0 Å². The molecular formula is C22H62O6Si4. The van der Waals surface area contributed by atoms with Crippen molar-refractivity contribution in [1.29, 1.82) is 0 Å². The SMILES string of the molecule is C.C.C.C.COCCCOCCOCCC[Si](C)(O[Si](C)(C)C)O[Si](C)(C)O[Si](C)(C)C. The van der Waals surface area contributed by atoms with Crippen LogP contribution >= 0.6 is 0 Å². The summed E-state index contributed by atoms with van der Waals surface area (Å²) >= 11 is 0. The van der Waals surface area contributed by atoms with E-state index >= 15 is 0 Å². The molecule has 0 spiro atoms. The van der Waals surface area contributed by atoms with Gasteiger partial charge in [0.2, 0.25) is 0 Å². The zero-order chi connectivity index (χ0) is 21.9. The molecule has 0 aliphatic carbocycles. The van der Waals surface area contributed by atoms with Crippen molar-refractivity contribution in [2.75, 3.05) is 40.1 Å². The van der Waals surface area contributed by atoms with E-state index < -0.39 is 33.8 Å². The molecule has 1 unspecified atom stereocenters. The van der Waals surface area contributed by atoms with E-state index in [1.807, 2.05) is 0 Å². The first kappa shape index (κ1) is 42.8. The van der Waals surface area contributed by atoms with Crippen molar-refractivity contribution in [3.63, 3.8) is 0 Å². The van der Waals surface area contributed by atoms with Crippen LogP contribution in [-0.2, 0) is 26.6 Å². The van der Waals surface area contributed by atoms with Gasteiger partial charge in [-0.1, -0.05) is 29.7 Å². The maximum Gasteiger partial charge on any atom is 0.315 e. The molecule has 0 N–H and O–H groups in total. The third-order valence-corrected chi connectivity index (χ3v) is 17.0. The van der Waals surface area contributed by atoms with E-state index in [0.717, 1.165) is 32.1 Å². The molecule has 0 saturated heterocycles. The highest BCUT2D eigenvalue weighted by Crippen LogP contribution is 2.27. The van der Waals surface area contributed by atoms with Crippen molar-refractivity contribution in [1.82, 2.24) is 0 Å². The summed E-state index contributed by atoms with van der Waals surface area (Å²) in [6, 6.07) is 0.928. The Balaban J connectivity index is -0.000000607. The largest absolute Gasteiger partial charge is 0.437 e. The van der Waals surface area contributed by atoms with E-state index in [0.29, 0.717) is 19.8 Å². The van der Waals surface area contributed by atoms with Crippen molar-refractivity contribution in [3.8, 4) is 0 Å². The van der Waals surface area contributed by atoms with Crippen molar-refractivity contribution in [2.45, 2.75) is 108 Å². The first-order chi connectivity index (χ1) is 12.7. The average molecular weight is 535 g/mol. The zero-order valence-electron chi connectivity index (χ0n) is 20.1. The van der Waals surface area contributed by atoms with Crippen LogP contribution in [0.3, 0.4) is 0 Å². The molecule has 0 bridgehead atoms. The molecule has 0 radical (unpaired) electrons. The molecule has 0 amide bonds. The summed E-state index contributed by atoms with van der Waals surface area (Å²) in [5.41, 5.74) is 0. The predicted molar refractivity (Wildman–Crippen MR) is 154 cm³/mol. The van der Waals surface area contributed by atoms with E-state index in [9.17, 15) is 0 Å². The standard InChI is InChI=1S/C18H46O6Si4.4CH4/c1-19-13-11-14-20-16-17-21-15-12-18-28(10,23-26(5,6)7)24-27(8,9)22-25(2,3)4;;;;/h11-18H2,1-10H3;4*1H4. The fourth-order valence-electron chi connectivity index (χ4n) is 3.17. The molecule has 32 heavy (non-hydrogen) atoms. The third-order valence-electron chi connectivity index (χ3n) is 3.46. The molecule has 0 heterocycles. The lowest BCUT2D eigenvalue weighted by molar-refractivity contribution is 0.0397. The summed E-state index contributed by atoms with van der Waals surface area (Å²) in [5, 5.41) is 0. The average Bonchev–Trinajstić information content (AvgIpc) is 2.43. The number of hydrogen-bond donors (Lipinski definition) is 0. The van der Waals surface area contributed by atoms with Crippen LogP contribution in [-0.4, -0.2) is 73.9 Å². The first-order valence-corrected chi connectivity index (χ1v) is 22.6. The van der Waals surface area contributed by atoms with Gasteiger partial charge >= 0.3 is 17.1 Å². The number of hydrogen-bond acceptors (Lipinski definition) is 6. The highest BCUT2D eigenvalue weighted by molar-refractivity contribution is 6.89. The van der Waals surface area contributed by atoms with E-state index in [2.05, 4.69) is 58.9 Å². The van der Waals surface area contributed by atoms with Crippen molar-refractivity contribution in [2.24, 2.45) is 0 Å². The van der Waals surface area contributed by atoms with Gasteiger partial charge in [-0.2, -0.15) is 0 Å². The summed E-state index contributed by atoms with van der Waals surface area (Å²) in [7, 11) is -6.18. The van der Waals surface area contributed by atoms with Crippen molar-refractivity contribution >= 4 is 33.8 Å². The molecular weight excluding hydrogens is 473 g/mol. The van der Waals surface area contributed by atoms with Gasteiger partial charge in [-0.05, 0) is 77.8 Å². The highest BCUT2D eigenvalue weighted by atomic mass is 28.5. The van der Waals surface area contributed by atoms with Crippen molar-refractivity contribution < 1.29 is 26.6 Å². The van der Waals surface area contributed by atoms with Crippen LogP contribution < -0.4 is 0 Å². The first-order valence-electron chi connectivity index (χ1n) is 10.4. The lowest BCUT2D eigenvalue weighted by Gasteiger charge is -2.41. The second-order valence-corrected chi connectivity index (χ2v) is 26.2.